The zero-order valence-corrected chi connectivity index (χ0v) is 14.2. The van der Waals surface area contributed by atoms with Gasteiger partial charge in [-0.3, -0.25) is 0 Å². The van der Waals surface area contributed by atoms with Gasteiger partial charge in [0.25, 0.3) is 0 Å². The lowest BCUT2D eigenvalue weighted by Crippen LogP contribution is -2.34. The Morgan fingerprint density at radius 1 is 1.00 bits per heavy atom. The molecule has 1 aliphatic rings. The topological polar surface area (TPSA) is 12.0 Å². The fourth-order valence-electron chi connectivity index (χ4n) is 3.76. The summed E-state index contributed by atoms with van der Waals surface area (Å²) in [5.74, 6) is 2.65. The van der Waals surface area contributed by atoms with Gasteiger partial charge in [0, 0.05) is 0 Å². The van der Waals surface area contributed by atoms with Crippen molar-refractivity contribution >= 4 is 0 Å². The van der Waals surface area contributed by atoms with Crippen molar-refractivity contribution in [2.45, 2.75) is 59.3 Å². The Balaban J connectivity index is 1.94. The van der Waals surface area contributed by atoms with Crippen LogP contribution in [0.25, 0.3) is 0 Å². The summed E-state index contributed by atoms with van der Waals surface area (Å²) in [5.41, 5.74) is 2.99. The van der Waals surface area contributed by atoms with E-state index in [2.05, 4.69) is 50.4 Å². The van der Waals surface area contributed by atoms with Crippen LogP contribution in [0.2, 0.25) is 0 Å². The van der Waals surface area contributed by atoms with Crippen LogP contribution in [0.15, 0.2) is 24.3 Å². The van der Waals surface area contributed by atoms with Crippen LogP contribution in [0.4, 0.5) is 0 Å². The molecule has 0 bridgehead atoms. The molecule has 1 saturated carbocycles. The van der Waals surface area contributed by atoms with Crippen LogP contribution in [0.3, 0.4) is 0 Å². The molecule has 1 aromatic rings. The van der Waals surface area contributed by atoms with Crippen LogP contribution in [0.1, 0.15) is 57.6 Å². The molecule has 1 aliphatic carbocycles. The average Bonchev–Trinajstić information content (AvgIpc) is 2.50. The molecule has 1 aromatic carbocycles. The van der Waals surface area contributed by atoms with Crippen LogP contribution in [0, 0.1) is 17.8 Å². The lowest BCUT2D eigenvalue weighted by atomic mass is 9.72. The standard InChI is InChI=1S/C20H33N/c1-4-12-21-15-19-11-6-16(3)13-20(19)14-18-9-7-17(5-2)8-10-18/h7-10,16,19-21H,4-6,11-15H2,1-3H3. The normalized spacial score (nSPS) is 26.0. The maximum Gasteiger partial charge on any atom is -0.00178 e. The quantitative estimate of drug-likeness (QED) is 0.707. The summed E-state index contributed by atoms with van der Waals surface area (Å²) in [6.07, 6.45) is 7.90. The molecule has 1 heteroatoms. The minimum atomic E-state index is 0.866. The van der Waals surface area contributed by atoms with E-state index < -0.39 is 0 Å². The lowest BCUT2D eigenvalue weighted by Gasteiger charge is -2.35. The van der Waals surface area contributed by atoms with Gasteiger partial charge in [-0.2, -0.15) is 0 Å². The molecule has 0 radical (unpaired) electrons. The van der Waals surface area contributed by atoms with Crippen LogP contribution in [0.5, 0.6) is 0 Å². The van der Waals surface area contributed by atoms with Crippen molar-refractivity contribution in [1.29, 1.82) is 0 Å². The zero-order chi connectivity index (χ0) is 15.1. The van der Waals surface area contributed by atoms with Gasteiger partial charge >= 0.3 is 0 Å². The smallest absolute Gasteiger partial charge is 0.00178 e. The van der Waals surface area contributed by atoms with Crippen molar-refractivity contribution in [1.82, 2.24) is 5.32 Å². The van der Waals surface area contributed by atoms with Gasteiger partial charge in [-0.1, -0.05) is 51.5 Å². The maximum absolute atomic E-state index is 3.65. The molecule has 0 amide bonds. The molecule has 1 fully saturated rings. The Kier molecular flexibility index (Phi) is 6.76. The lowest BCUT2D eigenvalue weighted by molar-refractivity contribution is 0.184. The molecule has 3 unspecified atom stereocenters. The first kappa shape index (κ1) is 16.5. The molecule has 118 valence electrons. The van der Waals surface area contributed by atoms with Crippen LogP contribution < -0.4 is 5.32 Å². The van der Waals surface area contributed by atoms with Gasteiger partial charge in [0.1, 0.15) is 0 Å². The van der Waals surface area contributed by atoms with Gasteiger partial charge in [-0.15, -0.1) is 0 Å². The van der Waals surface area contributed by atoms with Gasteiger partial charge in [-0.05, 0) is 74.1 Å². The summed E-state index contributed by atoms with van der Waals surface area (Å²) in [6.45, 7) is 9.31. The second kappa shape index (κ2) is 8.58. The SMILES string of the molecule is CCCNCC1CCC(C)CC1Cc1ccc(CC)cc1. The number of hydrogen-bond donors (Lipinski definition) is 1. The summed E-state index contributed by atoms with van der Waals surface area (Å²) in [6, 6.07) is 9.33. The Morgan fingerprint density at radius 3 is 2.38 bits per heavy atom. The highest BCUT2D eigenvalue weighted by Gasteiger charge is 2.28. The Bertz CT molecular complexity index is 395. The number of hydrogen-bond acceptors (Lipinski definition) is 1. The molecule has 0 saturated heterocycles. The molecule has 2 rings (SSSR count). The van der Waals surface area contributed by atoms with Gasteiger partial charge in [0.15, 0.2) is 0 Å². The summed E-state index contributed by atoms with van der Waals surface area (Å²) in [7, 11) is 0. The minimum Gasteiger partial charge on any atom is -0.316 e. The fraction of sp³-hybridized carbons (Fsp3) is 0.700. The molecular formula is C20H33N. The Hall–Kier alpha value is -0.820. The van der Waals surface area contributed by atoms with Crippen LogP contribution in [-0.4, -0.2) is 13.1 Å². The van der Waals surface area contributed by atoms with E-state index in [4.69, 9.17) is 0 Å². The predicted molar refractivity (Wildman–Crippen MR) is 92.7 cm³/mol. The predicted octanol–water partition coefficient (Wildman–Crippen LogP) is 4.84. The van der Waals surface area contributed by atoms with Crippen molar-refractivity contribution < 1.29 is 0 Å². The third kappa shape index (κ3) is 5.14. The monoisotopic (exact) mass is 287 g/mol. The summed E-state index contributed by atoms with van der Waals surface area (Å²) in [4.78, 5) is 0. The Morgan fingerprint density at radius 2 is 1.71 bits per heavy atom. The van der Waals surface area contributed by atoms with E-state index in [0.717, 1.165) is 24.2 Å². The molecule has 0 spiro atoms. The van der Waals surface area contributed by atoms with Crippen molar-refractivity contribution in [2.75, 3.05) is 13.1 Å². The van der Waals surface area contributed by atoms with E-state index in [1.165, 1.54) is 56.3 Å². The number of nitrogens with one attached hydrogen (secondary N) is 1. The zero-order valence-electron chi connectivity index (χ0n) is 14.2. The molecule has 0 aliphatic heterocycles. The first-order chi connectivity index (χ1) is 10.2. The van der Waals surface area contributed by atoms with E-state index in [-0.39, 0.29) is 0 Å². The largest absolute Gasteiger partial charge is 0.316 e. The summed E-state index contributed by atoms with van der Waals surface area (Å²) in [5, 5.41) is 3.65. The van der Waals surface area contributed by atoms with Crippen LogP contribution in [-0.2, 0) is 12.8 Å². The van der Waals surface area contributed by atoms with Crippen molar-refractivity contribution in [3.8, 4) is 0 Å². The van der Waals surface area contributed by atoms with Crippen LogP contribution >= 0.6 is 0 Å². The van der Waals surface area contributed by atoms with E-state index in [9.17, 15) is 0 Å². The van der Waals surface area contributed by atoms with E-state index in [1.54, 1.807) is 0 Å². The van der Waals surface area contributed by atoms with E-state index in [1.807, 2.05) is 0 Å². The minimum absolute atomic E-state index is 0.866. The molecule has 0 aromatic heterocycles. The number of aryl methyl sites for hydroxylation is 1. The molecule has 3 atom stereocenters. The molecule has 1 N–H and O–H groups in total. The average molecular weight is 287 g/mol. The van der Waals surface area contributed by atoms with Crippen molar-refractivity contribution in [3.63, 3.8) is 0 Å². The Labute approximate surface area is 131 Å². The third-order valence-corrected chi connectivity index (χ3v) is 5.16. The highest BCUT2D eigenvalue weighted by atomic mass is 14.9. The highest BCUT2D eigenvalue weighted by molar-refractivity contribution is 5.23. The van der Waals surface area contributed by atoms with E-state index in [0.29, 0.717) is 0 Å². The first-order valence-electron chi connectivity index (χ1n) is 9.01. The summed E-state index contributed by atoms with van der Waals surface area (Å²) < 4.78 is 0. The molecule has 21 heavy (non-hydrogen) atoms. The number of rotatable bonds is 7. The summed E-state index contributed by atoms with van der Waals surface area (Å²) >= 11 is 0. The van der Waals surface area contributed by atoms with Gasteiger partial charge in [0.05, 0.1) is 0 Å². The van der Waals surface area contributed by atoms with Crippen molar-refractivity contribution in [2.24, 2.45) is 17.8 Å². The maximum atomic E-state index is 3.65. The second-order valence-electron chi connectivity index (χ2n) is 7.02. The molecule has 1 nitrogen and oxygen atoms in total. The van der Waals surface area contributed by atoms with Gasteiger partial charge in [-0.25, -0.2) is 0 Å². The van der Waals surface area contributed by atoms with Crippen molar-refractivity contribution in [3.05, 3.63) is 35.4 Å². The fourth-order valence-corrected chi connectivity index (χ4v) is 3.76. The molecule has 0 heterocycles. The van der Waals surface area contributed by atoms with E-state index >= 15 is 0 Å². The second-order valence-corrected chi connectivity index (χ2v) is 7.02. The third-order valence-electron chi connectivity index (χ3n) is 5.16. The molecular weight excluding hydrogens is 254 g/mol. The highest BCUT2D eigenvalue weighted by Crippen LogP contribution is 2.35. The van der Waals surface area contributed by atoms with Gasteiger partial charge < -0.3 is 5.32 Å². The number of benzene rings is 1. The van der Waals surface area contributed by atoms with Gasteiger partial charge in [0.2, 0.25) is 0 Å². The first-order valence-corrected chi connectivity index (χ1v) is 9.01.